The van der Waals surface area contributed by atoms with Crippen molar-refractivity contribution in [3.8, 4) is 5.75 Å². The molecule has 0 saturated carbocycles. The number of hydrogen-bond acceptors (Lipinski definition) is 6. The van der Waals surface area contributed by atoms with Crippen molar-refractivity contribution < 1.29 is 32.6 Å². The maximum atomic E-state index is 13.0. The lowest BCUT2D eigenvalue weighted by Crippen LogP contribution is -2.44. The van der Waals surface area contributed by atoms with Gasteiger partial charge in [-0.1, -0.05) is 42.5 Å². The summed E-state index contributed by atoms with van der Waals surface area (Å²) in [7, 11) is -0.840. The van der Waals surface area contributed by atoms with Gasteiger partial charge in [0.05, 0.1) is 15.5 Å². The van der Waals surface area contributed by atoms with Crippen LogP contribution in [0.25, 0.3) is 0 Å². The lowest BCUT2D eigenvalue weighted by atomic mass is 10.1. The molecular weight excluding hydrogens is 486 g/mol. The van der Waals surface area contributed by atoms with Crippen molar-refractivity contribution in [2.75, 3.05) is 19.4 Å². The lowest BCUT2D eigenvalue weighted by Gasteiger charge is -2.17. The summed E-state index contributed by atoms with van der Waals surface area (Å²) in [6.07, 6.45) is -0.617. The van der Waals surface area contributed by atoms with E-state index >= 15 is 0 Å². The monoisotopic (exact) mass is 511 g/mol. The number of aliphatic carboxylic acids is 1. The Labute approximate surface area is 208 Å². The molecule has 3 aromatic rings. The molecule has 0 saturated heterocycles. The Morgan fingerprint density at radius 3 is 2.14 bits per heavy atom. The van der Waals surface area contributed by atoms with Gasteiger partial charge >= 0.3 is 18.1 Å². The van der Waals surface area contributed by atoms with Crippen LogP contribution in [0.2, 0.25) is 0 Å². The van der Waals surface area contributed by atoms with Gasteiger partial charge in [0, 0.05) is 20.5 Å². The quantitative estimate of drug-likeness (QED) is 0.421. The average Bonchev–Trinajstić information content (AvgIpc) is 2.85. The van der Waals surface area contributed by atoms with Crippen LogP contribution < -0.4 is 15.4 Å². The molecule has 0 heterocycles. The van der Waals surface area contributed by atoms with Gasteiger partial charge in [-0.2, -0.15) is 0 Å². The number of amides is 3. The van der Waals surface area contributed by atoms with Crippen LogP contribution >= 0.6 is 0 Å². The van der Waals surface area contributed by atoms with Crippen LogP contribution in [0.5, 0.6) is 5.75 Å². The molecule has 1 atom stereocenters. The first kappa shape index (κ1) is 26.2. The molecule has 1 unspecified atom stereocenters. The molecular formula is C25H25N3O7S. The second-order valence-electron chi connectivity index (χ2n) is 7.91. The van der Waals surface area contributed by atoms with Gasteiger partial charge in [-0.3, -0.25) is 0 Å². The number of carboxylic acid groups (broad SMARTS) is 1. The molecule has 0 radical (unpaired) electrons. The maximum absolute atomic E-state index is 13.0. The average molecular weight is 512 g/mol. The summed E-state index contributed by atoms with van der Waals surface area (Å²) in [4.78, 5) is 37.2. The number of ether oxygens (including phenoxy) is 1. The van der Waals surface area contributed by atoms with E-state index in [9.17, 15) is 27.9 Å². The van der Waals surface area contributed by atoms with Gasteiger partial charge in [-0.15, -0.1) is 0 Å². The number of nitrogens with zero attached hydrogens (tertiary/aromatic N) is 1. The van der Waals surface area contributed by atoms with E-state index in [0.29, 0.717) is 5.56 Å². The van der Waals surface area contributed by atoms with Gasteiger partial charge < -0.3 is 25.4 Å². The fraction of sp³-hybridized carbons (Fsp3) is 0.160. The van der Waals surface area contributed by atoms with Crippen LogP contribution in [0, 0.1) is 0 Å². The lowest BCUT2D eigenvalue weighted by molar-refractivity contribution is -0.139. The second kappa shape index (κ2) is 11.4. The summed E-state index contributed by atoms with van der Waals surface area (Å²) in [6.45, 7) is 0. The molecule has 0 bridgehead atoms. The van der Waals surface area contributed by atoms with Gasteiger partial charge in [0.25, 0.3) is 0 Å². The zero-order valence-electron chi connectivity index (χ0n) is 19.5. The third-order valence-corrected chi connectivity index (χ3v) is 6.84. The first-order valence-electron chi connectivity index (χ1n) is 10.8. The molecule has 3 rings (SSSR count). The molecule has 3 N–H and O–H groups in total. The standard InChI is InChI=1S/C25H25N3O7S/c1-28(2)25(32)35-18-14-12-17(13-15-18)16-21(23(29)30)27-24(31)26-20-10-6-7-11-22(20)36(33,34)19-8-4-3-5-9-19/h3-15,21H,16H2,1-2H3,(H,29,30)(H2,26,27,31). The van der Waals surface area contributed by atoms with E-state index in [2.05, 4.69) is 10.6 Å². The smallest absolute Gasteiger partial charge is 0.414 e. The predicted octanol–water partition coefficient (Wildman–Crippen LogP) is 3.40. The van der Waals surface area contributed by atoms with Crippen molar-refractivity contribution >= 4 is 33.6 Å². The number of hydrogen-bond donors (Lipinski definition) is 3. The van der Waals surface area contributed by atoms with Gasteiger partial charge in [0.15, 0.2) is 0 Å². The number of para-hydroxylation sites is 1. The van der Waals surface area contributed by atoms with E-state index in [4.69, 9.17) is 4.74 Å². The van der Waals surface area contributed by atoms with E-state index in [1.165, 1.54) is 47.4 Å². The molecule has 0 aromatic heterocycles. The van der Waals surface area contributed by atoms with E-state index in [1.54, 1.807) is 50.5 Å². The highest BCUT2D eigenvalue weighted by atomic mass is 32.2. The van der Waals surface area contributed by atoms with E-state index in [0.717, 1.165) is 0 Å². The number of rotatable bonds is 8. The van der Waals surface area contributed by atoms with E-state index in [1.807, 2.05) is 0 Å². The molecule has 0 spiro atoms. The SMILES string of the molecule is CN(C)C(=O)Oc1ccc(CC(NC(=O)Nc2ccccc2S(=O)(=O)c2ccccc2)C(=O)O)cc1. The molecule has 188 valence electrons. The van der Waals surface area contributed by atoms with Crippen LogP contribution in [0.3, 0.4) is 0 Å². The van der Waals surface area contributed by atoms with Gasteiger partial charge in [-0.25, -0.2) is 22.8 Å². The largest absolute Gasteiger partial charge is 0.480 e. The van der Waals surface area contributed by atoms with Crippen molar-refractivity contribution in [2.45, 2.75) is 22.3 Å². The Morgan fingerprint density at radius 2 is 1.53 bits per heavy atom. The molecule has 36 heavy (non-hydrogen) atoms. The molecule has 11 heteroatoms. The highest BCUT2D eigenvalue weighted by molar-refractivity contribution is 7.91. The molecule has 0 aliphatic heterocycles. The Balaban J connectivity index is 1.71. The van der Waals surface area contributed by atoms with Crippen LogP contribution in [0.15, 0.2) is 88.7 Å². The normalized spacial score (nSPS) is 11.7. The molecule has 0 aliphatic rings. The zero-order chi connectivity index (χ0) is 26.3. The van der Waals surface area contributed by atoms with Gasteiger partial charge in [0.2, 0.25) is 9.84 Å². The minimum atomic E-state index is -3.92. The summed E-state index contributed by atoms with van der Waals surface area (Å²) >= 11 is 0. The van der Waals surface area contributed by atoms with Crippen LogP contribution in [0.4, 0.5) is 15.3 Å². The Hall–Kier alpha value is -4.38. The molecule has 0 fully saturated rings. The number of carbonyl (C=O) groups excluding carboxylic acids is 2. The second-order valence-corrected chi connectivity index (χ2v) is 9.83. The van der Waals surface area contributed by atoms with Gasteiger partial charge in [-0.05, 0) is 42.0 Å². The number of urea groups is 1. The number of carbonyl (C=O) groups is 3. The topological polar surface area (TPSA) is 142 Å². The third kappa shape index (κ3) is 6.60. The maximum Gasteiger partial charge on any atom is 0.414 e. The minimum absolute atomic E-state index is 0.00931. The Kier molecular flexibility index (Phi) is 8.28. The van der Waals surface area contributed by atoms with Gasteiger partial charge in [0.1, 0.15) is 11.8 Å². The molecule has 0 aliphatic carbocycles. The number of carboxylic acids is 1. The van der Waals surface area contributed by atoms with Crippen molar-refractivity contribution in [1.82, 2.24) is 10.2 Å². The molecule has 3 aromatic carbocycles. The Bertz CT molecular complexity index is 1340. The first-order chi connectivity index (χ1) is 17.1. The van der Waals surface area contributed by atoms with Crippen LogP contribution in [0.1, 0.15) is 5.56 Å². The first-order valence-corrected chi connectivity index (χ1v) is 12.2. The predicted molar refractivity (Wildman–Crippen MR) is 132 cm³/mol. The third-order valence-electron chi connectivity index (χ3n) is 5.02. The zero-order valence-corrected chi connectivity index (χ0v) is 20.4. The minimum Gasteiger partial charge on any atom is -0.480 e. The summed E-state index contributed by atoms with van der Waals surface area (Å²) in [6, 6.07) is 17.6. The highest BCUT2D eigenvalue weighted by Gasteiger charge is 2.24. The summed E-state index contributed by atoms with van der Waals surface area (Å²) < 4.78 is 31.2. The number of sulfone groups is 1. The highest BCUT2D eigenvalue weighted by Crippen LogP contribution is 2.27. The number of benzene rings is 3. The molecule has 3 amide bonds. The van der Waals surface area contributed by atoms with E-state index in [-0.39, 0.29) is 27.6 Å². The summed E-state index contributed by atoms with van der Waals surface area (Å²) in [5.74, 6) is -0.996. The van der Waals surface area contributed by atoms with Crippen LogP contribution in [-0.4, -0.2) is 56.7 Å². The fourth-order valence-electron chi connectivity index (χ4n) is 3.17. The summed E-state index contributed by atoms with van der Waals surface area (Å²) in [5, 5.41) is 14.4. The Morgan fingerprint density at radius 1 is 0.917 bits per heavy atom. The number of anilines is 1. The fourth-order valence-corrected chi connectivity index (χ4v) is 4.60. The summed E-state index contributed by atoms with van der Waals surface area (Å²) in [5.41, 5.74) is 0.578. The molecule has 10 nitrogen and oxygen atoms in total. The number of nitrogens with one attached hydrogen (secondary N) is 2. The van der Waals surface area contributed by atoms with Crippen molar-refractivity contribution in [1.29, 1.82) is 0 Å². The van der Waals surface area contributed by atoms with E-state index < -0.39 is 34.0 Å². The van der Waals surface area contributed by atoms with Crippen molar-refractivity contribution in [3.05, 3.63) is 84.4 Å². The van der Waals surface area contributed by atoms with Crippen molar-refractivity contribution in [3.63, 3.8) is 0 Å². The van der Waals surface area contributed by atoms with Crippen molar-refractivity contribution in [2.24, 2.45) is 0 Å². The van der Waals surface area contributed by atoms with Crippen LogP contribution in [-0.2, 0) is 21.1 Å².